The molecule has 23 heavy (non-hydrogen) atoms. The standard InChI is InChI=1S/C16H27N5O2/c1-4-6-7-17-15-18-13(3)12-14(19-15)20-8-10-21(11-9-20)16(22)23-5-2/h12H,4-11H2,1-3H3,(H,17,18,19). The second-order valence-electron chi connectivity index (χ2n) is 5.64. The molecule has 0 saturated carbocycles. The Labute approximate surface area is 138 Å². The minimum atomic E-state index is -0.229. The van der Waals surface area contributed by atoms with E-state index in [0.29, 0.717) is 25.6 Å². The molecule has 1 amide bonds. The molecule has 0 atom stereocenters. The van der Waals surface area contributed by atoms with Crippen LogP contribution >= 0.6 is 0 Å². The number of unbranched alkanes of at least 4 members (excludes halogenated alkanes) is 1. The molecular weight excluding hydrogens is 294 g/mol. The summed E-state index contributed by atoms with van der Waals surface area (Å²) >= 11 is 0. The zero-order valence-electron chi connectivity index (χ0n) is 14.3. The highest BCUT2D eigenvalue weighted by Crippen LogP contribution is 2.17. The van der Waals surface area contributed by atoms with Crippen molar-refractivity contribution in [3.8, 4) is 0 Å². The van der Waals surface area contributed by atoms with Gasteiger partial charge in [0, 0.05) is 44.5 Å². The number of aryl methyl sites for hydroxylation is 1. The smallest absolute Gasteiger partial charge is 0.409 e. The second kappa shape index (κ2) is 8.55. The summed E-state index contributed by atoms with van der Waals surface area (Å²) in [7, 11) is 0. The number of aromatic nitrogens is 2. The number of carbonyl (C=O) groups is 1. The highest BCUT2D eigenvalue weighted by atomic mass is 16.6. The van der Waals surface area contributed by atoms with Gasteiger partial charge in [0.15, 0.2) is 0 Å². The lowest BCUT2D eigenvalue weighted by Crippen LogP contribution is -2.49. The molecule has 0 unspecified atom stereocenters. The lowest BCUT2D eigenvalue weighted by atomic mass is 10.3. The largest absolute Gasteiger partial charge is 0.450 e. The molecule has 1 aromatic rings. The number of nitrogens with one attached hydrogen (secondary N) is 1. The van der Waals surface area contributed by atoms with Crippen LogP contribution in [0.3, 0.4) is 0 Å². The fraction of sp³-hybridized carbons (Fsp3) is 0.688. The molecule has 1 saturated heterocycles. The molecule has 128 valence electrons. The molecule has 7 nitrogen and oxygen atoms in total. The van der Waals surface area contributed by atoms with Crippen molar-refractivity contribution in [1.82, 2.24) is 14.9 Å². The Morgan fingerprint density at radius 3 is 2.65 bits per heavy atom. The Kier molecular flexibility index (Phi) is 6.43. The van der Waals surface area contributed by atoms with Gasteiger partial charge in [-0.3, -0.25) is 0 Å². The highest BCUT2D eigenvalue weighted by molar-refractivity contribution is 5.68. The van der Waals surface area contributed by atoms with Gasteiger partial charge in [0.2, 0.25) is 5.95 Å². The minimum absolute atomic E-state index is 0.229. The molecule has 1 aromatic heterocycles. The first-order valence-electron chi connectivity index (χ1n) is 8.40. The molecule has 0 bridgehead atoms. The van der Waals surface area contributed by atoms with Crippen molar-refractivity contribution in [2.45, 2.75) is 33.6 Å². The summed E-state index contributed by atoms with van der Waals surface area (Å²) in [5, 5.41) is 3.28. The van der Waals surface area contributed by atoms with Gasteiger partial charge in [-0.05, 0) is 20.3 Å². The molecule has 0 aliphatic carbocycles. The number of ether oxygens (including phenoxy) is 1. The molecule has 2 heterocycles. The number of anilines is 2. The van der Waals surface area contributed by atoms with E-state index in [9.17, 15) is 4.79 Å². The Hall–Kier alpha value is -2.05. The van der Waals surface area contributed by atoms with Crippen LogP contribution in [0.5, 0.6) is 0 Å². The topological polar surface area (TPSA) is 70.6 Å². The van der Waals surface area contributed by atoms with Crippen LogP contribution in [-0.2, 0) is 4.74 Å². The summed E-state index contributed by atoms with van der Waals surface area (Å²) in [4.78, 5) is 24.7. The zero-order chi connectivity index (χ0) is 16.7. The SMILES string of the molecule is CCCCNc1nc(C)cc(N2CCN(C(=O)OCC)CC2)n1. The number of nitrogens with zero attached hydrogens (tertiary/aromatic N) is 4. The monoisotopic (exact) mass is 321 g/mol. The van der Waals surface area contributed by atoms with E-state index < -0.39 is 0 Å². The molecule has 1 fully saturated rings. The van der Waals surface area contributed by atoms with Crippen LogP contribution in [0.15, 0.2) is 6.07 Å². The third-order valence-electron chi connectivity index (χ3n) is 3.78. The zero-order valence-corrected chi connectivity index (χ0v) is 14.3. The number of hydrogen-bond donors (Lipinski definition) is 1. The summed E-state index contributed by atoms with van der Waals surface area (Å²) < 4.78 is 5.05. The van der Waals surface area contributed by atoms with E-state index in [2.05, 4.69) is 27.1 Å². The number of amides is 1. The van der Waals surface area contributed by atoms with E-state index in [-0.39, 0.29) is 6.09 Å². The first-order valence-corrected chi connectivity index (χ1v) is 8.40. The molecule has 0 aromatic carbocycles. The number of carbonyl (C=O) groups excluding carboxylic acids is 1. The van der Waals surface area contributed by atoms with Gasteiger partial charge in [-0.2, -0.15) is 4.98 Å². The van der Waals surface area contributed by atoms with E-state index in [1.54, 1.807) is 4.90 Å². The van der Waals surface area contributed by atoms with Gasteiger partial charge in [0.05, 0.1) is 6.61 Å². The molecule has 0 spiro atoms. The van der Waals surface area contributed by atoms with Crippen LogP contribution in [-0.4, -0.2) is 60.3 Å². The second-order valence-corrected chi connectivity index (χ2v) is 5.64. The van der Waals surface area contributed by atoms with Crippen LogP contribution < -0.4 is 10.2 Å². The van der Waals surface area contributed by atoms with Crippen molar-refractivity contribution in [2.24, 2.45) is 0 Å². The maximum absolute atomic E-state index is 11.7. The molecule has 7 heteroatoms. The average Bonchev–Trinajstić information content (AvgIpc) is 2.55. The molecule has 1 aliphatic heterocycles. The van der Waals surface area contributed by atoms with Gasteiger partial charge in [-0.1, -0.05) is 13.3 Å². The van der Waals surface area contributed by atoms with Gasteiger partial charge in [-0.15, -0.1) is 0 Å². The number of piperazine rings is 1. The average molecular weight is 321 g/mol. The maximum Gasteiger partial charge on any atom is 0.409 e. The van der Waals surface area contributed by atoms with E-state index in [0.717, 1.165) is 44.0 Å². The Bertz CT molecular complexity index is 515. The van der Waals surface area contributed by atoms with Gasteiger partial charge in [0.1, 0.15) is 5.82 Å². The van der Waals surface area contributed by atoms with E-state index in [1.807, 2.05) is 19.9 Å². The van der Waals surface area contributed by atoms with Crippen molar-refractivity contribution in [3.05, 3.63) is 11.8 Å². The van der Waals surface area contributed by atoms with Crippen molar-refractivity contribution >= 4 is 17.9 Å². The molecule has 0 radical (unpaired) electrons. The lowest BCUT2D eigenvalue weighted by Gasteiger charge is -2.34. The first-order chi connectivity index (χ1) is 11.1. The first kappa shape index (κ1) is 17.3. The third kappa shape index (κ3) is 4.97. The van der Waals surface area contributed by atoms with E-state index in [1.165, 1.54) is 0 Å². The Balaban J connectivity index is 1.96. The van der Waals surface area contributed by atoms with Crippen LogP contribution in [0.4, 0.5) is 16.6 Å². The van der Waals surface area contributed by atoms with Gasteiger partial charge in [-0.25, -0.2) is 9.78 Å². The minimum Gasteiger partial charge on any atom is -0.450 e. The predicted molar refractivity (Wildman–Crippen MR) is 91.0 cm³/mol. The molecule has 1 aliphatic rings. The summed E-state index contributed by atoms with van der Waals surface area (Å²) in [5.74, 6) is 1.60. The highest BCUT2D eigenvalue weighted by Gasteiger charge is 2.23. The lowest BCUT2D eigenvalue weighted by molar-refractivity contribution is 0.105. The Morgan fingerprint density at radius 2 is 2.00 bits per heavy atom. The number of hydrogen-bond acceptors (Lipinski definition) is 6. The maximum atomic E-state index is 11.7. The van der Waals surface area contributed by atoms with E-state index >= 15 is 0 Å². The molecular formula is C16H27N5O2. The third-order valence-corrected chi connectivity index (χ3v) is 3.78. The Morgan fingerprint density at radius 1 is 1.26 bits per heavy atom. The summed E-state index contributed by atoms with van der Waals surface area (Å²) in [5.41, 5.74) is 0.946. The molecule has 2 rings (SSSR count). The summed E-state index contributed by atoms with van der Waals surface area (Å²) in [6.07, 6.45) is 2.01. The van der Waals surface area contributed by atoms with Crippen molar-refractivity contribution in [1.29, 1.82) is 0 Å². The normalized spacial score (nSPS) is 14.7. The summed E-state index contributed by atoms with van der Waals surface area (Å²) in [6.45, 7) is 10.1. The van der Waals surface area contributed by atoms with Crippen LogP contribution in [0.25, 0.3) is 0 Å². The summed E-state index contributed by atoms with van der Waals surface area (Å²) in [6, 6.07) is 1.99. The molecule has 1 N–H and O–H groups in total. The van der Waals surface area contributed by atoms with Gasteiger partial charge in [0.25, 0.3) is 0 Å². The fourth-order valence-electron chi connectivity index (χ4n) is 2.50. The number of rotatable bonds is 6. The van der Waals surface area contributed by atoms with Crippen LogP contribution in [0, 0.1) is 6.92 Å². The fourth-order valence-corrected chi connectivity index (χ4v) is 2.50. The van der Waals surface area contributed by atoms with Crippen molar-refractivity contribution in [3.63, 3.8) is 0 Å². The van der Waals surface area contributed by atoms with Crippen molar-refractivity contribution < 1.29 is 9.53 Å². The predicted octanol–water partition coefficient (Wildman–Crippen LogP) is 2.28. The van der Waals surface area contributed by atoms with Crippen LogP contribution in [0.1, 0.15) is 32.4 Å². The van der Waals surface area contributed by atoms with Gasteiger partial charge < -0.3 is 19.9 Å². The van der Waals surface area contributed by atoms with Gasteiger partial charge >= 0.3 is 6.09 Å². The van der Waals surface area contributed by atoms with E-state index in [4.69, 9.17) is 4.74 Å². The quantitative estimate of drug-likeness (QED) is 0.811. The van der Waals surface area contributed by atoms with Crippen LogP contribution in [0.2, 0.25) is 0 Å². The van der Waals surface area contributed by atoms with Crippen molar-refractivity contribution in [2.75, 3.05) is 49.5 Å².